The van der Waals surface area contributed by atoms with Gasteiger partial charge in [-0.05, 0) is 44.9 Å². The van der Waals surface area contributed by atoms with Gasteiger partial charge in [-0.25, -0.2) is 4.39 Å². The second-order valence-electron chi connectivity index (χ2n) is 8.01. The number of carbonyl (C=O) groups is 1. The minimum absolute atomic E-state index is 0.0510. The summed E-state index contributed by atoms with van der Waals surface area (Å²) in [5, 5.41) is 14.4. The molecule has 1 aromatic carbocycles. The van der Waals surface area contributed by atoms with Crippen LogP contribution in [0.4, 0.5) is 4.39 Å². The molecule has 0 bridgehead atoms. The van der Waals surface area contributed by atoms with Crippen molar-refractivity contribution in [3.8, 4) is 17.0 Å². The number of hydrogen-bond donors (Lipinski definition) is 1. The van der Waals surface area contributed by atoms with Crippen LogP contribution in [-0.4, -0.2) is 38.1 Å². The van der Waals surface area contributed by atoms with Gasteiger partial charge in [0.15, 0.2) is 5.78 Å². The van der Waals surface area contributed by atoms with Gasteiger partial charge in [0.25, 0.3) is 0 Å². The third-order valence-electron chi connectivity index (χ3n) is 5.09. The van der Waals surface area contributed by atoms with Gasteiger partial charge in [0, 0.05) is 36.7 Å². The molecule has 1 unspecified atom stereocenters. The highest BCUT2D eigenvalue weighted by Gasteiger charge is 2.20. The van der Waals surface area contributed by atoms with E-state index >= 15 is 0 Å². The zero-order valence-electron chi connectivity index (χ0n) is 18.0. The Bertz CT molecular complexity index is 1040. The molecule has 0 aliphatic heterocycles. The number of rotatable bonds is 8. The highest BCUT2D eigenvalue weighted by molar-refractivity contribution is 6.00. The number of aliphatic hydroxyl groups is 1. The molecule has 2 aromatic heterocycles. The van der Waals surface area contributed by atoms with E-state index < -0.39 is 12.5 Å². The average Bonchev–Trinajstić information content (AvgIpc) is 3.06. The largest absolute Gasteiger partial charge is 0.461 e. The van der Waals surface area contributed by atoms with Crippen molar-refractivity contribution in [1.29, 1.82) is 0 Å². The number of aromatic nitrogens is 3. The van der Waals surface area contributed by atoms with Gasteiger partial charge in [0.1, 0.15) is 17.0 Å². The minimum atomic E-state index is -1.42. The van der Waals surface area contributed by atoms with Gasteiger partial charge in [-0.15, -0.1) is 0 Å². The van der Waals surface area contributed by atoms with Gasteiger partial charge in [-0.1, -0.05) is 19.1 Å². The van der Waals surface area contributed by atoms with Gasteiger partial charge in [0.05, 0.1) is 11.6 Å². The van der Waals surface area contributed by atoms with Crippen molar-refractivity contribution in [2.24, 2.45) is 5.92 Å². The highest BCUT2D eigenvalue weighted by atomic mass is 19.1. The van der Waals surface area contributed by atoms with Gasteiger partial charge >= 0.3 is 0 Å². The summed E-state index contributed by atoms with van der Waals surface area (Å²) in [6.07, 6.45) is -0.172. The first-order valence-corrected chi connectivity index (χ1v) is 10.2. The molecule has 0 spiro atoms. The molecule has 3 atom stereocenters. The number of ketones is 1. The van der Waals surface area contributed by atoms with E-state index in [1.165, 1.54) is 6.92 Å². The normalized spacial score (nSPS) is 14.7. The Hall–Kier alpha value is -2.80. The lowest BCUT2D eigenvalue weighted by atomic mass is 9.96. The molecule has 30 heavy (non-hydrogen) atoms. The standard InChI is InChI=1S/C23H28FN3O3/c1-13(2)27-20-11-18(21(29)9-14(3)15(4)28)12-25-23(20)22(26-27)17-7-6-8-19(10-17)30-16(5)24/h6-8,10-16,28H,9H2,1-5H3/t14-,15+,16?/m1/s1. The number of alkyl halides is 1. The first-order valence-electron chi connectivity index (χ1n) is 10.2. The Morgan fingerprint density at radius 2 is 1.93 bits per heavy atom. The summed E-state index contributed by atoms with van der Waals surface area (Å²) in [5.74, 6) is 0.205. The van der Waals surface area contributed by atoms with Crippen molar-refractivity contribution in [1.82, 2.24) is 14.8 Å². The van der Waals surface area contributed by atoms with Crippen molar-refractivity contribution in [2.75, 3.05) is 0 Å². The summed E-state index contributed by atoms with van der Waals surface area (Å²) in [6, 6.07) is 8.92. The Morgan fingerprint density at radius 3 is 2.57 bits per heavy atom. The molecule has 2 heterocycles. The van der Waals surface area contributed by atoms with E-state index in [2.05, 4.69) is 4.98 Å². The smallest absolute Gasteiger partial charge is 0.235 e. The summed E-state index contributed by atoms with van der Waals surface area (Å²) < 4.78 is 20.2. The molecule has 0 amide bonds. The van der Waals surface area contributed by atoms with Gasteiger partial charge in [-0.3, -0.25) is 14.5 Å². The van der Waals surface area contributed by atoms with Crippen molar-refractivity contribution in [3.63, 3.8) is 0 Å². The van der Waals surface area contributed by atoms with Crippen LogP contribution in [0.25, 0.3) is 22.3 Å². The number of pyridine rings is 1. The Morgan fingerprint density at radius 1 is 1.20 bits per heavy atom. The lowest BCUT2D eigenvalue weighted by Gasteiger charge is -2.13. The molecular formula is C23H28FN3O3. The SMILES string of the molecule is CC(F)Oc1cccc(-c2nn(C(C)C)c3cc(C(=O)C[C@@H](C)[C@H](C)O)cnc23)c1. The molecule has 0 aliphatic carbocycles. The molecule has 0 aliphatic rings. The Kier molecular flexibility index (Phi) is 6.51. The second-order valence-corrected chi connectivity index (χ2v) is 8.01. The molecule has 1 N–H and O–H groups in total. The molecule has 3 rings (SSSR count). The third kappa shape index (κ3) is 4.67. The average molecular weight is 413 g/mol. The van der Waals surface area contributed by atoms with E-state index in [0.29, 0.717) is 22.5 Å². The molecule has 0 saturated carbocycles. The van der Waals surface area contributed by atoms with E-state index in [1.54, 1.807) is 37.4 Å². The summed E-state index contributed by atoms with van der Waals surface area (Å²) in [4.78, 5) is 17.2. The van der Waals surface area contributed by atoms with Crippen LogP contribution in [0.5, 0.6) is 5.75 Å². The number of fused-ring (bicyclic) bond motifs is 1. The third-order valence-corrected chi connectivity index (χ3v) is 5.09. The van der Waals surface area contributed by atoms with Crippen LogP contribution < -0.4 is 4.74 Å². The van der Waals surface area contributed by atoms with E-state index in [9.17, 15) is 14.3 Å². The number of benzene rings is 1. The lowest BCUT2D eigenvalue weighted by molar-refractivity contribution is 0.0859. The fourth-order valence-electron chi connectivity index (χ4n) is 3.24. The van der Waals surface area contributed by atoms with E-state index in [-0.39, 0.29) is 24.2 Å². The predicted molar refractivity (Wildman–Crippen MR) is 114 cm³/mol. The number of aliphatic hydroxyl groups excluding tert-OH is 1. The Balaban J connectivity index is 2.05. The summed E-state index contributed by atoms with van der Waals surface area (Å²) in [7, 11) is 0. The van der Waals surface area contributed by atoms with Crippen LogP contribution in [0.3, 0.4) is 0 Å². The molecular weight excluding hydrogens is 385 g/mol. The van der Waals surface area contributed by atoms with Crippen LogP contribution in [0.2, 0.25) is 0 Å². The van der Waals surface area contributed by atoms with Gasteiger partial charge in [-0.2, -0.15) is 5.10 Å². The minimum Gasteiger partial charge on any atom is -0.461 e. The van der Waals surface area contributed by atoms with Crippen LogP contribution in [-0.2, 0) is 0 Å². The number of hydrogen-bond acceptors (Lipinski definition) is 5. The number of nitrogens with zero attached hydrogens (tertiary/aromatic N) is 3. The summed E-state index contributed by atoms with van der Waals surface area (Å²) in [5.41, 5.74) is 3.31. The molecule has 7 heteroatoms. The molecule has 160 valence electrons. The van der Waals surface area contributed by atoms with Crippen LogP contribution in [0.15, 0.2) is 36.5 Å². The molecule has 0 saturated heterocycles. The van der Waals surface area contributed by atoms with E-state index in [0.717, 1.165) is 11.1 Å². The molecule has 3 aromatic rings. The van der Waals surface area contributed by atoms with Gasteiger partial charge in [0.2, 0.25) is 6.36 Å². The second kappa shape index (κ2) is 8.92. The first-order chi connectivity index (χ1) is 14.2. The topological polar surface area (TPSA) is 77.2 Å². The monoisotopic (exact) mass is 413 g/mol. The quantitative estimate of drug-likeness (QED) is 0.528. The lowest BCUT2D eigenvalue weighted by Crippen LogP contribution is -2.17. The fourth-order valence-corrected chi connectivity index (χ4v) is 3.24. The number of Topliss-reactive ketones (excluding diaryl/α,β-unsaturated/α-hetero) is 1. The summed E-state index contributed by atoms with van der Waals surface area (Å²) in [6.45, 7) is 8.86. The predicted octanol–water partition coefficient (Wildman–Crippen LogP) is 4.96. The fraction of sp³-hybridized carbons (Fsp3) is 0.435. The number of ether oxygens (including phenoxy) is 1. The van der Waals surface area contributed by atoms with Crippen LogP contribution >= 0.6 is 0 Å². The molecule has 0 radical (unpaired) electrons. The maximum atomic E-state index is 13.2. The van der Waals surface area contributed by atoms with Crippen LogP contribution in [0.1, 0.15) is 57.4 Å². The van der Waals surface area contributed by atoms with Crippen LogP contribution in [0, 0.1) is 5.92 Å². The maximum absolute atomic E-state index is 13.2. The maximum Gasteiger partial charge on any atom is 0.235 e. The van der Waals surface area contributed by atoms with Crippen molar-refractivity contribution < 1.29 is 19.0 Å². The zero-order chi connectivity index (χ0) is 22.0. The highest BCUT2D eigenvalue weighted by Crippen LogP contribution is 2.31. The van der Waals surface area contributed by atoms with Crippen molar-refractivity contribution in [3.05, 3.63) is 42.1 Å². The summed E-state index contributed by atoms with van der Waals surface area (Å²) >= 11 is 0. The number of halogens is 1. The van der Waals surface area contributed by atoms with Crippen molar-refractivity contribution in [2.45, 2.75) is 59.5 Å². The molecule has 0 fully saturated rings. The zero-order valence-corrected chi connectivity index (χ0v) is 18.0. The van der Waals surface area contributed by atoms with Crippen molar-refractivity contribution >= 4 is 16.8 Å². The Labute approximate surface area is 175 Å². The first kappa shape index (κ1) is 21.9. The van der Waals surface area contributed by atoms with E-state index in [1.807, 2.05) is 31.5 Å². The molecule has 6 nitrogen and oxygen atoms in total. The number of carbonyl (C=O) groups excluding carboxylic acids is 1. The van der Waals surface area contributed by atoms with E-state index in [4.69, 9.17) is 9.84 Å². The van der Waals surface area contributed by atoms with Gasteiger partial charge < -0.3 is 9.84 Å².